The van der Waals surface area contributed by atoms with Gasteiger partial charge in [-0.1, -0.05) is 18.2 Å². The molecule has 0 radical (unpaired) electrons. The number of rotatable bonds is 7. The zero-order valence-corrected chi connectivity index (χ0v) is 15.9. The molecule has 0 aliphatic rings. The molecule has 4 aromatic rings. The molecule has 0 aliphatic heterocycles. The van der Waals surface area contributed by atoms with Crippen LogP contribution in [0.3, 0.4) is 0 Å². The van der Waals surface area contributed by atoms with Gasteiger partial charge >= 0.3 is 0 Å². The quantitative estimate of drug-likeness (QED) is 0.462. The fraction of sp³-hybridized carbons (Fsp3) is 0.130. The van der Waals surface area contributed by atoms with E-state index in [1.807, 2.05) is 42.5 Å². The second-order valence-electron chi connectivity index (χ2n) is 6.37. The lowest BCUT2D eigenvalue weighted by Crippen LogP contribution is -2.13. The van der Waals surface area contributed by atoms with Crippen molar-refractivity contribution < 1.29 is 18.7 Å². The Morgan fingerprint density at radius 1 is 1.03 bits per heavy atom. The van der Waals surface area contributed by atoms with Crippen LogP contribution in [0, 0.1) is 0 Å². The SMILES string of the molecule is COCCOc1ccc(NC(=O)c2cc(-c3ccco3)nc3ccccc23)cc1. The number of anilines is 1. The van der Waals surface area contributed by atoms with Crippen molar-refractivity contribution >= 4 is 22.5 Å². The molecule has 146 valence electrons. The molecule has 29 heavy (non-hydrogen) atoms. The van der Waals surface area contributed by atoms with Crippen LogP contribution >= 0.6 is 0 Å². The van der Waals surface area contributed by atoms with Gasteiger partial charge < -0.3 is 19.2 Å². The van der Waals surface area contributed by atoms with Crippen LogP contribution in [0.2, 0.25) is 0 Å². The van der Waals surface area contributed by atoms with Gasteiger partial charge in [-0.2, -0.15) is 0 Å². The normalized spacial score (nSPS) is 10.8. The summed E-state index contributed by atoms with van der Waals surface area (Å²) in [5.74, 6) is 1.11. The third-order valence-corrected chi connectivity index (χ3v) is 4.40. The van der Waals surface area contributed by atoms with Crippen molar-refractivity contribution in [3.63, 3.8) is 0 Å². The molecule has 6 heteroatoms. The predicted molar refractivity (Wildman–Crippen MR) is 111 cm³/mol. The van der Waals surface area contributed by atoms with E-state index >= 15 is 0 Å². The Hall–Kier alpha value is -3.64. The fourth-order valence-corrected chi connectivity index (χ4v) is 2.99. The van der Waals surface area contributed by atoms with Gasteiger partial charge in [-0.15, -0.1) is 0 Å². The summed E-state index contributed by atoms with van der Waals surface area (Å²) < 4.78 is 16.0. The standard InChI is InChI=1S/C23H20N2O4/c1-27-13-14-28-17-10-8-16(9-11-17)24-23(26)19-15-21(22-7-4-12-29-22)25-20-6-3-2-5-18(19)20/h2-12,15H,13-14H2,1H3,(H,24,26). The molecule has 2 aromatic heterocycles. The minimum absolute atomic E-state index is 0.218. The molecule has 0 bridgehead atoms. The van der Waals surface area contributed by atoms with Crippen LogP contribution in [0.1, 0.15) is 10.4 Å². The average Bonchev–Trinajstić information content (AvgIpc) is 3.29. The summed E-state index contributed by atoms with van der Waals surface area (Å²) in [7, 11) is 1.63. The number of nitrogens with zero attached hydrogens (tertiary/aromatic N) is 1. The molecule has 0 fully saturated rings. The maximum atomic E-state index is 13.0. The van der Waals surface area contributed by atoms with Crippen LogP contribution in [0.5, 0.6) is 5.75 Å². The molecule has 0 aliphatic carbocycles. The van der Waals surface area contributed by atoms with Crippen molar-refractivity contribution in [2.75, 3.05) is 25.6 Å². The van der Waals surface area contributed by atoms with E-state index < -0.39 is 0 Å². The minimum Gasteiger partial charge on any atom is -0.491 e. The van der Waals surface area contributed by atoms with Crippen LogP contribution < -0.4 is 10.1 Å². The number of amides is 1. The Bertz CT molecular complexity index is 1110. The molecular formula is C23H20N2O4. The molecule has 0 atom stereocenters. The second-order valence-corrected chi connectivity index (χ2v) is 6.37. The number of fused-ring (bicyclic) bond motifs is 1. The summed E-state index contributed by atoms with van der Waals surface area (Å²) in [6.45, 7) is 0.992. The molecule has 0 saturated heterocycles. The molecule has 2 aromatic carbocycles. The molecule has 1 amide bonds. The van der Waals surface area contributed by atoms with Gasteiger partial charge in [-0.05, 0) is 48.5 Å². The van der Waals surface area contributed by atoms with E-state index in [0.717, 1.165) is 16.7 Å². The van der Waals surface area contributed by atoms with Crippen molar-refractivity contribution in [3.8, 4) is 17.2 Å². The van der Waals surface area contributed by atoms with Crippen LogP contribution in [0.4, 0.5) is 5.69 Å². The smallest absolute Gasteiger partial charge is 0.256 e. The van der Waals surface area contributed by atoms with E-state index in [0.29, 0.717) is 35.9 Å². The van der Waals surface area contributed by atoms with Gasteiger partial charge in [0.1, 0.15) is 18.1 Å². The number of carbonyl (C=O) groups is 1. The Morgan fingerprint density at radius 3 is 2.62 bits per heavy atom. The van der Waals surface area contributed by atoms with E-state index in [2.05, 4.69) is 10.3 Å². The van der Waals surface area contributed by atoms with E-state index in [9.17, 15) is 4.79 Å². The number of para-hydroxylation sites is 1. The number of aromatic nitrogens is 1. The first-order valence-corrected chi connectivity index (χ1v) is 9.21. The Labute approximate surface area is 168 Å². The molecule has 1 N–H and O–H groups in total. The Balaban J connectivity index is 1.59. The van der Waals surface area contributed by atoms with E-state index in [1.165, 1.54) is 0 Å². The van der Waals surface area contributed by atoms with Crippen molar-refractivity contribution in [3.05, 3.63) is 78.6 Å². The first kappa shape index (κ1) is 18.7. The number of pyridine rings is 1. The number of carbonyl (C=O) groups excluding carboxylic acids is 1. The largest absolute Gasteiger partial charge is 0.491 e. The van der Waals surface area contributed by atoms with Crippen LogP contribution in [-0.2, 0) is 4.74 Å². The summed E-state index contributed by atoms with van der Waals surface area (Å²) in [5, 5.41) is 3.72. The van der Waals surface area contributed by atoms with Crippen molar-refractivity contribution in [2.45, 2.75) is 0 Å². The molecule has 0 unspecified atom stereocenters. The molecule has 6 nitrogen and oxygen atoms in total. The predicted octanol–water partition coefficient (Wildman–Crippen LogP) is 4.77. The second kappa shape index (κ2) is 8.58. The van der Waals surface area contributed by atoms with Crippen molar-refractivity contribution in [1.82, 2.24) is 4.98 Å². The lowest BCUT2D eigenvalue weighted by molar-refractivity contribution is 0.102. The number of benzene rings is 2. The maximum Gasteiger partial charge on any atom is 0.256 e. The van der Waals surface area contributed by atoms with E-state index in [1.54, 1.807) is 37.6 Å². The van der Waals surface area contributed by atoms with Crippen LogP contribution in [0.25, 0.3) is 22.4 Å². The molecular weight excluding hydrogens is 368 g/mol. The van der Waals surface area contributed by atoms with E-state index in [4.69, 9.17) is 13.9 Å². The summed E-state index contributed by atoms with van der Waals surface area (Å²) in [4.78, 5) is 17.6. The molecule has 0 saturated carbocycles. The molecule has 2 heterocycles. The number of hydrogen-bond acceptors (Lipinski definition) is 5. The van der Waals surface area contributed by atoms with Gasteiger partial charge in [-0.25, -0.2) is 4.98 Å². The van der Waals surface area contributed by atoms with Gasteiger partial charge in [0.05, 0.1) is 24.0 Å². The van der Waals surface area contributed by atoms with Crippen molar-refractivity contribution in [2.24, 2.45) is 0 Å². The third-order valence-electron chi connectivity index (χ3n) is 4.40. The van der Waals surface area contributed by atoms with Gasteiger partial charge in [0.2, 0.25) is 0 Å². The lowest BCUT2D eigenvalue weighted by Gasteiger charge is -2.11. The first-order valence-electron chi connectivity index (χ1n) is 9.21. The zero-order valence-electron chi connectivity index (χ0n) is 15.9. The Kier molecular flexibility index (Phi) is 5.54. The monoisotopic (exact) mass is 388 g/mol. The third kappa shape index (κ3) is 4.28. The first-order chi connectivity index (χ1) is 14.2. The van der Waals surface area contributed by atoms with Crippen LogP contribution in [0.15, 0.2) is 77.4 Å². The number of nitrogens with one attached hydrogen (secondary N) is 1. The maximum absolute atomic E-state index is 13.0. The molecule has 0 spiro atoms. The minimum atomic E-state index is -0.218. The fourth-order valence-electron chi connectivity index (χ4n) is 2.99. The summed E-state index contributed by atoms with van der Waals surface area (Å²) in [6.07, 6.45) is 1.59. The van der Waals surface area contributed by atoms with Gasteiger partial charge in [0.25, 0.3) is 5.91 Å². The average molecular weight is 388 g/mol. The zero-order chi connectivity index (χ0) is 20.1. The number of furan rings is 1. The highest BCUT2D eigenvalue weighted by molar-refractivity contribution is 6.13. The number of ether oxygens (including phenoxy) is 2. The van der Waals surface area contributed by atoms with Crippen molar-refractivity contribution in [1.29, 1.82) is 0 Å². The highest BCUT2D eigenvalue weighted by Gasteiger charge is 2.15. The number of hydrogen-bond donors (Lipinski definition) is 1. The highest BCUT2D eigenvalue weighted by Crippen LogP contribution is 2.26. The summed E-state index contributed by atoms with van der Waals surface area (Å²) >= 11 is 0. The summed E-state index contributed by atoms with van der Waals surface area (Å²) in [5.41, 5.74) is 2.55. The topological polar surface area (TPSA) is 73.6 Å². The number of methoxy groups -OCH3 is 1. The van der Waals surface area contributed by atoms with Crippen LogP contribution in [-0.4, -0.2) is 31.2 Å². The highest BCUT2D eigenvalue weighted by atomic mass is 16.5. The lowest BCUT2D eigenvalue weighted by atomic mass is 10.1. The molecule has 4 rings (SSSR count). The Morgan fingerprint density at radius 2 is 1.86 bits per heavy atom. The van der Waals surface area contributed by atoms with E-state index in [-0.39, 0.29) is 5.91 Å². The van der Waals surface area contributed by atoms with Gasteiger partial charge in [-0.3, -0.25) is 4.79 Å². The van der Waals surface area contributed by atoms with Gasteiger partial charge in [0.15, 0.2) is 5.76 Å². The van der Waals surface area contributed by atoms with Gasteiger partial charge in [0, 0.05) is 18.2 Å². The summed E-state index contributed by atoms with van der Waals surface area (Å²) in [6, 6.07) is 20.1.